The number of hydrogen-bond donors (Lipinski definition) is 0. The van der Waals surface area contributed by atoms with Crippen molar-refractivity contribution in [1.29, 1.82) is 0 Å². The van der Waals surface area contributed by atoms with Gasteiger partial charge in [-0.05, 0) is 23.3 Å². The van der Waals surface area contributed by atoms with Crippen molar-refractivity contribution >= 4 is 11.8 Å². The third-order valence-electron chi connectivity index (χ3n) is 2.72. The summed E-state index contributed by atoms with van der Waals surface area (Å²) in [5, 5.41) is 0. The summed E-state index contributed by atoms with van der Waals surface area (Å²) < 4.78 is 5.13. The van der Waals surface area contributed by atoms with Crippen LogP contribution in [0.4, 0.5) is 0 Å². The second-order valence-corrected chi connectivity index (χ2v) is 4.70. The second-order valence-electron chi connectivity index (χ2n) is 3.59. The highest BCUT2D eigenvalue weighted by atomic mass is 32.2. The Morgan fingerprint density at radius 1 is 1.27 bits per heavy atom. The molecule has 0 amide bonds. The molecule has 78 valence electrons. The van der Waals surface area contributed by atoms with Gasteiger partial charge in [-0.2, -0.15) is 0 Å². The van der Waals surface area contributed by atoms with Crippen molar-refractivity contribution in [1.82, 2.24) is 0 Å². The van der Waals surface area contributed by atoms with E-state index in [0.717, 1.165) is 22.0 Å². The van der Waals surface area contributed by atoms with Crippen LogP contribution in [0.1, 0.15) is 11.5 Å². The highest BCUT2D eigenvalue weighted by Crippen LogP contribution is 2.43. The van der Waals surface area contributed by atoms with Crippen molar-refractivity contribution in [3.05, 3.63) is 53.5 Å². The third kappa shape index (κ3) is 1.95. The summed E-state index contributed by atoms with van der Waals surface area (Å²) in [7, 11) is 1.68. The molecule has 1 aliphatic rings. The van der Waals surface area contributed by atoms with E-state index >= 15 is 0 Å². The summed E-state index contributed by atoms with van der Waals surface area (Å²) in [6.45, 7) is 8.07. The van der Waals surface area contributed by atoms with Gasteiger partial charge in [-0.1, -0.05) is 25.3 Å². The first kappa shape index (κ1) is 10.4. The molecule has 0 bridgehead atoms. The van der Waals surface area contributed by atoms with Gasteiger partial charge in [0.05, 0.1) is 7.11 Å². The quantitative estimate of drug-likeness (QED) is 0.750. The van der Waals surface area contributed by atoms with E-state index in [4.69, 9.17) is 4.74 Å². The molecule has 1 atom stereocenters. The summed E-state index contributed by atoms with van der Waals surface area (Å²) >= 11 is 1.79. The van der Waals surface area contributed by atoms with Crippen molar-refractivity contribution in [2.45, 2.75) is 5.92 Å². The Bertz CT molecular complexity index is 392. The zero-order valence-corrected chi connectivity index (χ0v) is 9.64. The molecule has 1 nitrogen and oxygen atoms in total. The molecule has 0 N–H and O–H groups in total. The van der Waals surface area contributed by atoms with Crippen molar-refractivity contribution in [2.75, 3.05) is 12.9 Å². The summed E-state index contributed by atoms with van der Waals surface area (Å²) in [4.78, 5) is 1.12. The number of rotatable bonds is 2. The predicted molar refractivity (Wildman–Crippen MR) is 66.5 cm³/mol. The van der Waals surface area contributed by atoms with Gasteiger partial charge in [0.1, 0.15) is 5.75 Å². The topological polar surface area (TPSA) is 9.23 Å². The van der Waals surface area contributed by atoms with Crippen LogP contribution in [0.15, 0.2) is 47.9 Å². The molecule has 0 aliphatic carbocycles. The van der Waals surface area contributed by atoms with Gasteiger partial charge in [0.25, 0.3) is 0 Å². The lowest BCUT2D eigenvalue weighted by atomic mass is 9.94. The van der Waals surface area contributed by atoms with Crippen molar-refractivity contribution < 1.29 is 4.74 Å². The Kier molecular flexibility index (Phi) is 2.87. The number of thioether (sulfide) groups is 1. The van der Waals surface area contributed by atoms with E-state index in [-0.39, 0.29) is 0 Å². The van der Waals surface area contributed by atoms with Gasteiger partial charge < -0.3 is 4.74 Å². The van der Waals surface area contributed by atoms with Crippen LogP contribution >= 0.6 is 11.8 Å². The predicted octanol–water partition coefficient (Wildman–Crippen LogP) is 3.60. The molecular formula is C13H14OS. The Morgan fingerprint density at radius 3 is 2.40 bits per heavy atom. The first-order valence-electron chi connectivity index (χ1n) is 4.87. The Morgan fingerprint density at radius 2 is 1.93 bits per heavy atom. The molecule has 0 spiro atoms. The molecule has 0 aromatic heterocycles. The number of allylic oxidation sites excluding steroid dienone is 1. The normalized spacial score (nSPS) is 20.7. The number of methoxy groups -OCH3 is 1. The molecule has 0 radical (unpaired) electrons. The Balaban J connectivity index is 2.23. The minimum atomic E-state index is 0.424. The SMILES string of the molecule is C=C1SCC(c2ccc(OC)cc2)C1=C. The van der Waals surface area contributed by atoms with Gasteiger partial charge in [0.2, 0.25) is 0 Å². The number of benzene rings is 1. The second kappa shape index (κ2) is 4.15. The summed E-state index contributed by atoms with van der Waals surface area (Å²) in [5.74, 6) is 2.38. The zero-order chi connectivity index (χ0) is 10.8. The zero-order valence-electron chi connectivity index (χ0n) is 8.82. The lowest BCUT2D eigenvalue weighted by molar-refractivity contribution is 0.414. The standard InChI is InChI=1S/C13H14OS/c1-9-10(2)15-8-13(9)11-4-6-12(14-3)7-5-11/h4-7,13H,1-2,8H2,3H3. The maximum absolute atomic E-state index is 5.13. The average Bonchev–Trinajstić information content (AvgIpc) is 2.60. The molecule has 15 heavy (non-hydrogen) atoms. The maximum atomic E-state index is 5.13. The molecule has 1 saturated heterocycles. The van der Waals surface area contributed by atoms with E-state index < -0.39 is 0 Å². The van der Waals surface area contributed by atoms with E-state index in [2.05, 4.69) is 25.3 Å². The number of ether oxygens (including phenoxy) is 1. The van der Waals surface area contributed by atoms with E-state index in [9.17, 15) is 0 Å². The van der Waals surface area contributed by atoms with Crippen molar-refractivity contribution in [3.63, 3.8) is 0 Å². The maximum Gasteiger partial charge on any atom is 0.118 e. The van der Waals surface area contributed by atoms with Crippen LogP contribution in [-0.2, 0) is 0 Å². The van der Waals surface area contributed by atoms with Crippen LogP contribution in [0, 0.1) is 0 Å². The lowest BCUT2D eigenvalue weighted by Crippen LogP contribution is -1.98. The minimum absolute atomic E-state index is 0.424. The average molecular weight is 218 g/mol. The van der Waals surface area contributed by atoms with E-state index in [0.29, 0.717) is 5.92 Å². The molecular weight excluding hydrogens is 204 g/mol. The fraction of sp³-hybridized carbons (Fsp3) is 0.231. The highest BCUT2D eigenvalue weighted by Gasteiger charge is 2.24. The first-order chi connectivity index (χ1) is 7.22. The first-order valence-corrected chi connectivity index (χ1v) is 5.85. The molecule has 1 aliphatic heterocycles. The molecule has 1 heterocycles. The van der Waals surface area contributed by atoms with Crippen LogP contribution in [0.3, 0.4) is 0 Å². The lowest BCUT2D eigenvalue weighted by Gasteiger charge is -2.11. The molecule has 1 aromatic rings. The monoisotopic (exact) mass is 218 g/mol. The third-order valence-corrected chi connectivity index (χ3v) is 3.83. The fourth-order valence-corrected chi connectivity index (χ4v) is 2.79. The fourth-order valence-electron chi connectivity index (χ4n) is 1.71. The molecule has 2 rings (SSSR count). The minimum Gasteiger partial charge on any atom is -0.497 e. The van der Waals surface area contributed by atoms with Crippen molar-refractivity contribution in [2.24, 2.45) is 0 Å². The van der Waals surface area contributed by atoms with Gasteiger partial charge in [-0.15, -0.1) is 11.8 Å². The van der Waals surface area contributed by atoms with Gasteiger partial charge in [-0.3, -0.25) is 0 Å². The van der Waals surface area contributed by atoms with Crippen LogP contribution in [-0.4, -0.2) is 12.9 Å². The number of hydrogen-bond acceptors (Lipinski definition) is 2. The largest absolute Gasteiger partial charge is 0.497 e. The smallest absolute Gasteiger partial charge is 0.118 e. The van der Waals surface area contributed by atoms with Crippen LogP contribution < -0.4 is 4.74 Å². The summed E-state index contributed by atoms with van der Waals surface area (Å²) in [5.41, 5.74) is 2.46. The molecule has 1 aromatic carbocycles. The van der Waals surface area contributed by atoms with Gasteiger partial charge in [0.15, 0.2) is 0 Å². The molecule has 1 unspecified atom stereocenters. The molecule has 0 saturated carbocycles. The summed E-state index contributed by atoms with van der Waals surface area (Å²) in [6, 6.07) is 8.20. The van der Waals surface area contributed by atoms with Gasteiger partial charge in [0, 0.05) is 16.6 Å². The molecule has 2 heteroatoms. The Labute approximate surface area is 94.8 Å². The molecule has 1 fully saturated rings. The van der Waals surface area contributed by atoms with Gasteiger partial charge in [-0.25, -0.2) is 0 Å². The van der Waals surface area contributed by atoms with Crippen molar-refractivity contribution in [3.8, 4) is 5.75 Å². The van der Waals surface area contributed by atoms with E-state index in [1.807, 2.05) is 12.1 Å². The summed E-state index contributed by atoms with van der Waals surface area (Å²) in [6.07, 6.45) is 0. The van der Waals surface area contributed by atoms with Crippen LogP contribution in [0.25, 0.3) is 0 Å². The highest BCUT2D eigenvalue weighted by molar-refractivity contribution is 8.03. The van der Waals surface area contributed by atoms with Crippen LogP contribution in [0.5, 0.6) is 5.75 Å². The van der Waals surface area contributed by atoms with E-state index in [1.54, 1.807) is 18.9 Å². The Hall–Kier alpha value is -1.15. The van der Waals surface area contributed by atoms with Crippen LogP contribution in [0.2, 0.25) is 0 Å². The van der Waals surface area contributed by atoms with Gasteiger partial charge >= 0.3 is 0 Å². The van der Waals surface area contributed by atoms with E-state index in [1.165, 1.54) is 5.56 Å².